The lowest BCUT2D eigenvalue weighted by molar-refractivity contribution is -0.153. The van der Waals surface area contributed by atoms with E-state index in [4.69, 9.17) is 6.42 Å². The number of rotatable bonds is 3. The van der Waals surface area contributed by atoms with Crippen molar-refractivity contribution in [3.8, 4) is 18.1 Å². The molecule has 0 saturated carbocycles. The van der Waals surface area contributed by atoms with Gasteiger partial charge in [-0.15, -0.1) is 6.42 Å². The number of carbonyl (C=O) groups is 1. The van der Waals surface area contributed by atoms with Crippen molar-refractivity contribution in [3.05, 3.63) is 29.3 Å². The number of hydrogen-bond acceptors (Lipinski definition) is 3. The first-order valence-corrected chi connectivity index (χ1v) is 4.76. The molecular weight excluding hydrogens is 249 g/mol. The molecule has 0 spiro atoms. The van der Waals surface area contributed by atoms with Crippen molar-refractivity contribution < 1.29 is 27.4 Å². The lowest BCUT2D eigenvalue weighted by atomic mass is 10.1. The second-order valence-corrected chi connectivity index (χ2v) is 3.25. The molecule has 1 aromatic carbocycles. The fourth-order valence-electron chi connectivity index (χ4n) is 1.17. The van der Waals surface area contributed by atoms with Gasteiger partial charge >= 0.3 is 12.1 Å². The summed E-state index contributed by atoms with van der Waals surface area (Å²) < 4.78 is 45.1. The second-order valence-electron chi connectivity index (χ2n) is 3.25. The summed E-state index contributed by atoms with van der Waals surface area (Å²) in [7, 11) is 1.12. The Morgan fingerprint density at radius 1 is 1.44 bits per heavy atom. The molecule has 0 radical (unpaired) electrons. The van der Waals surface area contributed by atoms with Crippen LogP contribution < -0.4 is 4.74 Å². The molecule has 0 unspecified atom stereocenters. The Morgan fingerprint density at radius 3 is 2.61 bits per heavy atom. The van der Waals surface area contributed by atoms with E-state index in [0.29, 0.717) is 5.56 Å². The number of methoxy groups -OCH3 is 1. The molecule has 18 heavy (non-hydrogen) atoms. The number of halogens is 3. The molecule has 6 heteroatoms. The van der Waals surface area contributed by atoms with E-state index in [-0.39, 0.29) is 11.3 Å². The maximum atomic E-state index is 12.1. The minimum absolute atomic E-state index is 0.110. The third-order valence-corrected chi connectivity index (χ3v) is 1.94. The number of carbonyl (C=O) groups excluding carboxylic acids is 1. The van der Waals surface area contributed by atoms with Crippen molar-refractivity contribution in [3.63, 3.8) is 0 Å². The Kier molecular flexibility index (Phi) is 4.21. The van der Waals surface area contributed by atoms with Gasteiger partial charge in [-0.05, 0) is 18.2 Å². The fourth-order valence-corrected chi connectivity index (χ4v) is 1.17. The van der Waals surface area contributed by atoms with Crippen LogP contribution >= 0.6 is 0 Å². The average molecular weight is 258 g/mol. The van der Waals surface area contributed by atoms with Gasteiger partial charge < -0.3 is 9.47 Å². The molecule has 0 N–H and O–H groups in total. The van der Waals surface area contributed by atoms with Gasteiger partial charge in [-0.1, -0.05) is 5.92 Å². The lowest BCUT2D eigenvalue weighted by Crippen LogP contribution is -2.20. The van der Waals surface area contributed by atoms with Crippen LogP contribution in [0.2, 0.25) is 0 Å². The number of terminal acetylenes is 1. The van der Waals surface area contributed by atoms with Crippen LogP contribution in [0.15, 0.2) is 18.2 Å². The van der Waals surface area contributed by atoms with Crippen LogP contribution in [-0.4, -0.2) is 25.9 Å². The van der Waals surface area contributed by atoms with Gasteiger partial charge in [-0.25, -0.2) is 4.79 Å². The zero-order valence-electron chi connectivity index (χ0n) is 9.38. The van der Waals surface area contributed by atoms with E-state index in [0.717, 1.165) is 7.11 Å². The molecular formula is C12H9F3O3. The predicted molar refractivity (Wildman–Crippen MR) is 57.3 cm³/mol. The Labute approximate surface area is 102 Å². The number of hydrogen-bond donors (Lipinski definition) is 0. The van der Waals surface area contributed by atoms with Crippen LogP contribution in [0.25, 0.3) is 0 Å². The molecule has 0 bridgehead atoms. The van der Waals surface area contributed by atoms with Gasteiger partial charge in [-0.3, -0.25) is 0 Å². The van der Waals surface area contributed by atoms with E-state index < -0.39 is 18.8 Å². The highest BCUT2D eigenvalue weighted by Crippen LogP contribution is 2.24. The van der Waals surface area contributed by atoms with Gasteiger partial charge in [0.2, 0.25) is 0 Å². The minimum atomic E-state index is -4.50. The highest BCUT2D eigenvalue weighted by Gasteiger charge is 2.29. The van der Waals surface area contributed by atoms with Crippen molar-refractivity contribution in [2.45, 2.75) is 6.18 Å². The van der Waals surface area contributed by atoms with Crippen molar-refractivity contribution in [1.29, 1.82) is 0 Å². The summed E-state index contributed by atoms with van der Waals surface area (Å²) in [6.45, 7) is -1.51. The van der Waals surface area contributed by atoms with Crippen LogP contribution in [0.4, 0.5) is 13.2 Å². The third kappa shape index (κ3) is 3.70. The molecule has 0 atom stereocenters. The molecule has 96 valence electrons. The standard InChI is InChI=1S/C12H9F3O3/c1-3-8-4-5-9(11(16)17-2)10(6-8)18-7-12(13,14)15/h1,4-6H,7H2,2H3. The summed E-state index contributed by atoms with van der Waals surface area (Å²) in [5.74, 6) is 1.18. The Hall–Kier alpha value is -2.16. The van der Waals surface area contributed by atoms with E-state index in [2.05, 4.69) is 15.4 Å². The van der Waals surface area contributed by atoms with Crippen molar-refractivity contribution >= 4 is 5.97 Å². The topological polar surface area (TPSA) is 35.5 Å². The smallest absolute Gasteiger partial charge is 0.422 e. The lowest BCUT2D eigenvalue weighted by Gasteiger charge is -2.12. The van der Waals surface area contributed by atoms with E-state index in [1.165, 1.54) is 18.2 Å². The summed E-state index contributed by atoms with van der Waals surface area (Å²) in [6.07, 6.45) is 0.615. The van der Waals surface area contributed by atoms with Gasteiger partial charge in [0.15, 0.2) is 6.61 Å². The van der Waals surface area contributed by atoms with Crippen LogP contribution in [-0.2, 0) is 4.74 Å². The first-order chi connectivity index (χ1) is 8.37. The molecule has 0 amide bonds. The fraction of sp³-hybridized carbons (Fsp3) is 0.250. The average Bonchev–Trinajstić information content (AvgIpc) is 2.34. The number of alkyl halides is 3. The van der Waals surface area contributed by atoms with Gasteiger partial charge in [0.1, 0.15) is 11.3 Å². The highest BCUT2D eigenvalue weighted by atomic mass is 19.4. The van der Waals surface area contributed by atoms with Crippen LogP contribution in [0.5, 0.6) is 5.75 Å². The molecule has 0 fully saturated rings. The Bertz CT molecular complexity index is 486. The number of ether oxygens (including phenoxy) is 2. The molecule has 0 aliphatic heterocycles. The Balaban J connectivity index is 3.05. The minimum Gasteiger partial charge on any atom is -0.483 e. The predicted octanol–water partition coefficient (Wildman–Crippen LogP) is 2.40. The van der Waals surface area contributed by atoms with E-state index in [9.17, 15) is 18.0 Å². The monoisotopic (exact) mass is 258 g/mol. The molecule has 0 aliphatic rings. The maximum Gasteiger partial charge on any atom is 0.422 e. The molecule has 0 saturated heterocycles. The summed E-state index contributed by atoms with van der Waals surface area (Å²) in [5.41, 5.74) is 0.195. The second kappa shape index (κ2) is 5.45. The van der Waals surface area contributed by atoms with Crippen molar-refractivity contribution in [2.75, 3.05) is 13.7 Å². The van der Waals surface area contributed by atoms with Crippen molar-refractivity contribution in [2.24, 2.45) is 0 Å². The number of esters is 1. The van der Waals surface area contributed by atoms with E-state index in [1.54, 1.807) is 0 Å². The molecule has 0 aromatic heterocycles. The normalized spacial score (nSPS) is 10.6. The van der Waals surface area contributed by atoms with Gasteiger partial charge in [0.25, 0.3) is 0 Å². The van der Waals surface area contributed by atoms with Crippen LogP contribution in [0.1, 0.15) is 15.9 Å². The van der Waals surface area contributed by atoms with Gasteiger partial charge in [0.05, 0.1) is 7.11 Å². The van der Waals surface area contributed by atoms with Gasteiger partial charge in [0, 0.05) is 5.56 Å². The molecule has 0 heterocycles. The number of benzene rings is 1. The van der Waals surface area contributed by atoms with E-state index >= 15 is 0 Å². The third-order valence-electron chi connectivity index (χ3n) is 1.94. The summed E-state index contributed by atoms with van der Waals surface area (Å²) >= 11 is 0. The largest absolute Gasteiger partial charge is 0.483 e. The summed E-state index contributed by atoms with van der Waals surface area (Å²) in [4.78, 5) is 11.3. The molecule has 1 rings (SSSR count). The summed E-state index contributed by atoms with van der Waals surface area (Å²) in [6, 6.07) is 3.84. The van der Waals surface area contributed by atoms with Crippen LogP contribution in [0.3, 0.4) is 0 Å². The van der Waals surface area contributed by atoms with Crippen LogP contribution in [0, 0.1) is 12.3 Å². The molecule has 3 nitrogen and oxygen atoms in total. The first kappa shape index (κ1) is 13.9. The molecule has 0 aliphatic carbocycles. The zero-order chi connectivity index (χ0) is 13.8. The van der Waals surface area contributed by atoms with Crippen molar-refractivity contribution in [1.82, 2.24) is 0 Å². The SMILES string of the molecule is C#Cc1ccc(C(=O)OC)c(OCC(F)(F)F)c1. The quantitative estimate of drug-likeness (QED) is 0.617. The first-order valence-electron chi connectivity index (χ1n) is 4.76. The van der Waals surface area contributed by atoms with E-state index in [1.807, 2.05) is 0 Å². The maximum absolute atomic E-state index is 12.1. The zero-order valence-corrected chi connectivity index (χ0v) is 9.38. The molecule has 1 aromatic rings. The Morgan fingerprint density at radius 2 is 2.11 bits per heavy atom. The highest BCUT2D eigenvalue weighted by molar-refractivity contribution is 5.92. The van der Waals surface area contributed by atoms with Gasteiger partial charge in [-0.2, -0.15) is 13.2 Å². The summed E-state index contributed by atoms with van der Waals surface area (Å²) in [5, 5.41) is 0.